The second kappa shape index (κ2) is 5.26. The first-order valence-corrected chi connectivity index (χ1v) is 5.08. The Bertz CT molecular complexity index is 512. The summed E-state index contributed by atoms with van der Waals surface area (Å²) in [6, 6.07) is 3.80. The predicted molar refractivity (Wildman–Crippen MR) is 61.9 cm³/mol. The molecule has 0 saturated carbocycles. The summed E-state index contributed by atoms with van der Waals surface area (Å²) in [6.45, 7) is 2.85. The summed E-state index contributed by atoms with van der Waals surface area (Å²) < 4.78 is 4.77. The first kappa shape index (κ1) is 13.6. The Kier molecular flexibility index (Phi) is 3.98. The largest absolute Gasteiger partial charge is 0.449 e. The molecule has 0 aliphatic heterocycles. The SMILES string of the molecule is Cc1cc(C(=O)O[C@@H](C)C(N)=O)ccc1[N+](=O)[O-]. The van der Waals surface area contributed by atoms with Crippen molar-refractivity contribution < 1.29 is 19.2 Å². The van der Waals surface area contributed by atoms with Gasteiger partial charge in [0.25, 0.3) is 11.6 Å². The van der Waals surface area contributed by atoms with Crippen molar-refractivity contribution in [2.75, 3.05) is 0 Å². The standard InChI is InChI=1S/C11H12N2O5/c1-6-5-8(3-4-9(6)13(16)17)11(15)18-7(2)10(12)14/h3-5,7H,1-2H3,(H2,12,14)/t7-/m0/s1. The summed E-state index contributed by atoms with van der Waals surface area (Å²) in [5, 5.41) is 10.6. The van der Waals surface area contributed by atoms with E-state index >= 15 is 0 Å². The van der Waals surface area contributed by atoms with E-state index in [0.717, 1.165) is 0 Å². The van der Waals surface area contributed by atoms with Crippen LogP contribution in [0.25, 0.3) is 0 Å². The lowest BCUT2D eigenvalue weighted by molar-refractivity contribution is -0.385. The van der Waals surface area contributed by atoms with E-state index in [1.165, 1.54) is 32.0 Å². The molecule has 2 N–H and O–H groups in total. The Hall–Kier alpha value is -2.44. The number of hydrogen-bond donors (Lipinski definition) is 1. The molecular weight excluding hydrogens is 240 g/mol. The van der Waals surface area contributed by atoms with Crippen molar-refractivity contribution in [1.82, 2.24) is 0 Å². The highest BCUT2D eigenvalue weighted by molar-refractivity contribution is 5.92. The van der Waals surface area contributed by atoms with Gasteiger partial charge in [0.15, 0.2) is 6.10 Å². The second-order valence-electron chi connectivity index (χ2n) is 3.71. The lowest BCUT2D eigenvalue weighted by Gasteiger charge is -2.09. The van der Waals surface area contributed by atoms with E-state index in [1.54, 1.807) is 0 Å². The number of nitrogens with zero attached hydrogens (tertiary/aromatic N) is 1. The van der Waals surface area contributed by atoms with Crippen molar-refractivity contribution in [1.29, 1.82) is 0 Å². The van der Waals surface area contributed by atoms with E-state index in [2.05, 4.69) is 0 Å². The summed E-state index contributed by atoms with van der Waals surface area (Å²) in [5.74, 6) is -1.51. The quantitative estimate of drug-likeness (QED) is 0.486. The lowest BCUT2D eigenvalue weighted by atomic mass is 10.1. The van der Waals surface area contributed by atoms with Crippen molar-refractivity contribution in [3.8, 4) is 0 Å². The highest BCUT2D eigenvalue weighted by atomic mass is 16.6. The molecule has 0 radical (unpaired) electrons. The highest BCUT2D eigenvalue weighted by Gasteiger charge is 2.18. The van der Waals surface area contributed by atoms with Crippen LogP contribution in [0.4, 0.5) is 5.69 Å². The smallest absolute Gasteiger partial charge is 0.338 e. The number of rotatable bonds is 4. The minimum absolute atomic E-state index is 0.0884. The number of nitro benzene ring substituents is 1. The fourth-order valence-corrected chi connectivity index (χ4v) is 1.27. The minimum Gasteiger partial charge on any atom is -0.449 e. The minimum atomic E-state index is -1.05. The van der Waals surface area contributed by atoms with E-state index in [1.807, 2.05) is 0 Å². The van der Waals surface area contributed by atoms with Crippen LogP contribution in [0.3, 0.4) is 0 Å². The second-order valence-corrected chi connectivity index (χ2v) is 3.71. The van der Waals surface area contributed by atoms with E-state index < -0.39 is 22.9 Å². The molecule has 0 unspecified atom stereocenters. The zero-order valence-electron chi connectivity index (χ0n) is 9.88. The lowest BCUT2D eigenvalue weighted by Crippen LogP contribution is -2.30. The maximum absolute atomic E-state index is 11.6. The number of carbonyl (C=O) groups excluding carboxylic acids is 2. The number of aryl methyl sites for hydroxylation is 1. The van der Waals surface area contributed by atoms with Gasteiger partial charge >= 0.3 is 5.97 Å². The maximum atomic E-state index is 11.6. The normalized spacial score (nSPS) is 11.7. The van der Waals surface area contributed by atoms with Gasteiger partial charge in [-0.2, -0.15) is 0 Å². The number of esters is 1. The molecular formula is C11H12N2O5. The summed E-state index contributed by atoms with van der Waals surface area (Å²) in [7, 11) is 0. The predicted octanol–water partition coefficient (Wildman–Crippen LogP) is 0.934. The van der Waals surface area contributed by atoms with Crippen LogP contribution in [-0.2, 0) is 9.53 Å². The number of hydrogen-bond acceptors (Lipinski definition) is 5. The van der Waals surface area contributed by atoms with E-state index in [-0.39, 0.29) is 11.3 Å². The molecule has 0 heterocycles. The van der Waals surface area contributed by atoms with Crippen molar-refractivity contribution >= 4 is 17.6 Å². The molecule has 18 heavy (non-hydrogen) atoms. The molecule has 96 valence electrons. The van der Waals surface area contributed by atoms with Crippen LogP contribution in [0, 0.1) is 17.0 Å². The number of benzene rings is 1. The van der Waals surface area contributed by atoms with Gasteiger partial charge in [0.05, 0.1) is 10.5 Å². The van der Waals surface area contributed by atoms with Crippen molar-refractivity contribution in [2.45, 2.75) is 20.0 Å². The van der Waals surface area contributed by atoms with Gasteiger partial charge in [0.2, 0.25) is 0 Å². The number of ether oxygens (including phenoxy) is 1. The maximum Gasteiger partial charge on any atom is 0.338 e. The summed E-state index contributed by atoms with van der Waals surface area (Å²) >= 11 is 0. The van der Waals surface area contributed by atoms with Gasteiger partial charge in [-0.1, -0.05) is 0 Å². The van der Waals surface area contributed by atoms with Gasteiger partial charge < -0.3 is 10.5 Å². The van der Waals surface area contributed by atoms with Crippen LogP contribution in [0.5, 0.6) is 0 Å². The molecule has 1 amide bonds. The highest BCUT2D eigenvalue weighted by Crippen LogP contribution is 2.19. The zero-order valence-corrected chi connectivity index (χ0v) is 9.88. The fourth-order valence-electron chi connectivity index (χ4n) is 1.27. The number of nitro groups is 1. The van der Waals surface area contributed by atoms with Crippen LogP contribution in [0.15, 0.2) is 18.2 Å². The first-order valence-electron chi connectivity index (χ1n) is 5.08. The molecule has 0 aromatic heterocycles. The molecule has 1 rings (SSSR count). The first-order chi connectivity index (χ1) is 8.32. The third-order valence-electron chi connectivity index (χ3n) is 2.31. The summed E-state index contributed by atoms with van der Waals surface area (Å²) in [4.78, 5) is 32.4. The van der Waals surface area contributed by atoms with Gasteiger partial charge in [0, 0.05) is 11.6 Å². The van der Waals surface area contributed by atoms with Gasteiger partial charge in [-0.05, 0) is 26.0 Å². The van der Waals surface area contributed by atoms with E-state index in [9.17, 15) is 19.7 Å². The Morgan fingerprint density at radius 1 is 1.44 bits per heavy atom. The Morgan fingerprint density at radius 3 is 2.50 bits per heavy atom. The number of carbonyl (C=O) groups is 2. The molecule has 0 bridgehead atoms. The summed E-state index contributed by atoms with van der Waals surface area (Å²) in [5.41, 5.74) is 5.33. The Labute approximate surface area is 103 Å². The van der Waals surface area contributed by atoms with Crippen LogP contribution in [0.1, 0.15) is 22.8 Å². The molecule has 7 nitrogen and oxygen atoms in total. The Balaban J connectivity index is 2.91. The molecule has 1 aromatic carbocycles. The van der Waals surface area contributed by atoms with Gasteiger partial charge in [-0.25, -0.2) is 4.79 Å². The third-order valence-corrected chi connectivity index (χ3v) is 2.31. The molecule has 7 heteroatoms. The van der Waals surface area contributed by atoms with E-state index in [0.29, 0.717) is 5.56 Å². The molecule has 0 fully saturated rings. The Morgan fingerprint density at radius 2 is 2.06 bits per heavy atom. The molecule has 0 spiro atoms. The van der Waals surface area contributed by atoms with E-state index in [4.69, 9.17) is 10.5 Å². The van der Waals surface area contributed by atoms with Crippen LogP contribution < -0.4 is 5.73 Å². The molecule has 0 saturated heterocycles. The van der Waals surface area contributed by atoms with Crippen molar-refractivity contribution in [3.05, 3.63) is 39.4 Å². The monoisotopic (exact) mass is 252 g/mol. The third kappa shape index (κ3) is 3.03. The number of primary amides is 1. The molecule has 1 atom stereocenters. The molecule has 0 aliphatic carbocycles. The van der Waals surface area contributed by atoms with Crippen molar-refractivity contribution in [3.63, 3.8) is 0 Å². The number of nitrogens with two attached hydrogens (primary N) is 1. The van der Waals surface area contributed by atoms with Crippen molar-refractivity contribution in [2.24, 2.45) is 5.73 Å². The average Bonchev–Trinajstić information content (AvgIpc) is 2.27. The molecule has 1 aromatic rings. The fraction of sp³-hybridized carbons (Fsp3) is 0.273. The van der Waals surface area contributed by atoms with Crippen LogP contribution in [0.2, 0.25) is 0 Å². The van der Waals surface area contributed by atoms with Gasteiger partial charge in [-0.15, -0.1) is 0 Å². The zero-order chi connectivity index (χ0) is 13.9. The van der Waals surface area contributed by atoms with Gasteiger partial charge in [-0.3, -0.25) is 14.9 Å². The summed E-state index contributed by atoms with van der Waals surface area (Å²) in [6.07, 6.45) is -1.05. The van der Waals surface area contributed by atoms with Gasteiger partial charge in [0.1, 0.15) is 0 Å². The topological polar surface area (TPSA) is 113 Å². The average molecular weight is 252 g/mol. The molecule has 0 aliphatic rings. The number of amides is 1. The van der Waals surface area contributed by atoms with Crippen LogP contribution in [-0.4, -0.2) is 22.9 Å². The van der Waals surface area contributed by atoms with Crippen LogP contribution >= 0.6 is 0 Å².